The van der Waals surface area contributed by atoms with Crippen molar-refractivity contribution in [3.8, 4) is 5.75 Å². The molecule has 0 aliphatic heterocycles. The third-order valence-corrected chi connectivity index (χ3v) is 5.45. The van der Waals surface area contributed by atoms with Crippen molar-refractivity contribution in [3.05, 3.63) is 60.5 Å². The van der Waals surface area contributed by atoms with Crippen LogP contribution in [0.1, 0.15) is 6.92 Å². The summed E-state index contributed by atoms with van der Waals surface area (Å²) in [5.74, 6) is 0.450. The summed E-state index contributed by atoms with van der Waals surface area (Å²) in [6, 6.07) is 4.96. The van der Waals surface area contributed by atoms with Gasteiger partial charge in [-0.05, 0) is 45.3 Å². The summed E-state index contributed by atoms with van der Waals surface area (Å²) < 4.78 is 45.0. The van der Waals surface area contributed by atoms with Gasteiger partial charge in [0, 0.05) is 50.2 Å². The van der Waals surface area contributed by atoms with Crippen LogP contribution < -0.4 is 31.3 Å². The lowest BCUT2D eigenvalue weighted by Crippen LogP contribution is -2.29. The Kier molecular flexibility index (Phi) is 11.3. The van der Waals surface area contributed by atoms with E-state index in [2.05, 4.69) is 32.5 Å². The SMILES string of the molecule is C=CC(=O)Nc1cc(Nc2nccc(NC(=C/C)/C=C(\CN)C(F)(F)F)n2)c(OC)cc1N(C)CCN(C)C. The molecule has 1 amide bonds. The fourth-order valence-electron chi connectivity index (χ4n) is 3.30. The number of likely N-dealkylation sites (N-methyl/N-ethyl adjacent to an activating group) is 2. The number of methoxy groups -OCH3 is 1. The van der Waals surface area contributed by atoms with E-state index in [4.69, 9.17) is 10.5 Å². The normalized spacial score (nSPS) is 12.3. The van der Waals surface area contributed by atoms with Crippen molar-refractivity contribution < 1.29 is 22.7 Å². The number of hydrogen-bond acceptors (Lipinski definition) is 9. The minimum atomic E-state index is -4.55. The summed E-state index contributed by atoms with van der Waals surface area (Å²) in [5, 5.41) is 8.70. The molecule has 1 aromatic heterocycles. The zero-order valence-electron chi connectivity index (χ0n) is 22.7. The molecular formula is C26H35F3N8O2. The van der Waals surface area contributed by atoms with E-state index in [0.717, 1.165) is 18.3 Å². The van der Waals surface area contributed by atoms with Gasteiger partial charge in [-0.3, -0.25) is 4.79 Å². The lowest BCUT2D eigenvalue weighted by atomic mass is 10.2. The smallest absolute Gasteiger partial charge is 0.413 e. The maximum Gasteiger partial charge on any atom is 0.413 e. The minimum Gasteiger partial charge on any atom is -0.494 e. The highest BCUT2D eigenvalue weighted by atomic mass is 19.4. The highest BCUT2D eigenvalue weighted by molar-refractivity contribution is 6.02. The van der Waals surface area contributed by atoms with E-state index < -0.39 is 24.2 Å². The van der Waals surface area contributed by atoms with Gasteiger partial charge in [0.05, 0.1) is 24.2 Å². The average Bonchev–Trinajstić information content (AvgIpc) is 2.89. The average molecular weight is 549 g/mol. The van der Waals surface area contributed by atoms with E-state index in [1.54, 1.807) is 19.1 Å². The molecule has 0 saturated carbocycles. The Morgan fingerprint density at radius 1 is 1.18 bits per heavy atom. The Labute approximate surface area is 226 Å². The fraction of sp³-hybridized carbons (Fsp3) is 0.346. The Hall–Kier alpha value is -4.10. The van der Waals surface area contributed by atoms with E-state index in [1.165, 1.54) is 31.5 Å². The van der Waals surface area contributed by atoms with Gasteiger partial charge in [0.2, 0.25) is 11.9 Å². The van der Waals surface area contributed by atoms with E-state index in [0.29, 0.717) is 23.7 Å². The fourth-order valence-corrected chi connectivity index (χ4v) is 3.30. The predicted molar refractivity (Wildman–Crippen MR) is 150 cm³/mol. The first kappa shape index (κ1) is 31.1. The number of rotatable bonds is 13. The standard InChI is InChI=1S/C26H35F3N8O2/c1-7-18(13-17(16-30)26(27,28)29)32-23-9-10-31-25(35-23)34-20-14-19(33-24(38)8-2)21(15-22(20)39-6)37(5)12-11-36(3)4/h7-10,13-15H,2,11-12,16,30H2,1,3-6H3,(H,33,38)(H2,31,32,34,35)/b17-13+,18-7+. The first-order chi connectivity index (χ1) is 18.4. The van der Waals surface area contributed by atoms with E-state index in [-0.39, 0.29) is 17.5 Å². The highest BCUT2D eigenvalue weighted by Crippen LogP contribution is 2.38. The van der Waals surface area contributed by atoms with Gasteiger partial charge in [0.25, 0.3) is 0 Å². The van der Waals surface area contributed by atoms with Crippen molar-refractivity contribution in [2.45, 2.75) is 13.1 Å². The van der Waals surface area contributed by atoms with Crippen LogP contribution in [0.15, 0.2) is 60.5 Å². The van der Waals surface area contributed by atoms with Crippen LogP contribution in [0.25, 0.3) is 0 Å². The largest absolute Gasteiger partial charge is 0.494 e. The summed E-state index contributed by atoms with van der Waals surface area (Å²) in [4.78, 5) is 24.7. The molecule has 0 atom stereocenters. The molecule has 212 valence electrons. The zero-order valence-corrected chi connectivity index (χ0v) is 22.7. The first-order valence-corrected chi connectivity index (χ1v) is 11.9. The monoisotopic (exact) mass is 548 g/mol. The van der Waals surface area contributed by atoms with E-state index >= 15 is 0 Å². The molecule has 2 rings (SSSR count). The van der Waals surface area contributed by atoms with Crippen molar-refractivity contribution in [2.75, 3.05) is 68.7 Å². The second kappa shape index (κ2) is 14.2. The van der Waals surface area contributed by atoms with Gasteiger partial charge in [-0.25, -0.2) is 4.98 Å². The number of amides is 1. The Morgan fingerprint density at radius 3 is 2.46 bits per heavy atom. The molecule has 39 heavy (non-hydrogen) atoms. The molecule has 0 radical (unpaired) electrons. The molecule has 2 aromatic rings. The van der Waals surface area contributed by atoms with Crippen molar-refractivity contribution in [3.63, 3.8) is 0 Å². The molecule has 0 aliphatic carbocycles. The maximum atomic E-state index is 13.1. The summed E-state index contributed by atoms with van der Waals surface area (Å²) in [7, 11) is 7.34. The Morgan fingerprint density at radius 2 is 1.90 bits per heavy atom. The number of carbonyl (C=O) groups is 1. The van der Waals surface area contributed by atoms with Crippen LogP contribution in [0, 0.1) is 0 Å². The predicted octanol–water partition coefficient (Wildman–Crippen LogP) is 4.11. The summed E-state index contributed by atoms with van der Waals surface area (Å²) in [5.41, 5.74) is 6.22. The number of nitrogens with one attached hydrogen (secondary N) is 3. The number of allylic oxidation sites excluding steroid dienone is 2. The summed E-state index contributed by atoms with van der Waals surface area (Å²) in [6.45, 7) is 5.90. The molecule has 10 nitrogen and oxygen atoms in total. The Balaban J connectivity index is 2.40. The molecule has 1 heterocycles. The van der Waals surface area contributed by atoms with Gasteiger partial charge in [0.15, 0.2) is 0 Å². The number of anilines is 5. The van der Waals surface area contributed by atoms with Gasteiger partial charge in [-0.15, -0.1) is 0 Å². The molecule has 0 fully saturated rings. The van der Waals surface area contributed by atoms with Crippen molar-refractivity contribution in [1.29, 1.82) is 0 Å². The summed E-state index contributed by atoms with van der Waals surface area (Å²) in [6.07, 6.45) is 0.461. The molecule has 13 heteroatoms. The van der Waals surface area contributed by atoms with Crippen molar-refractivity contribution >= 4 is 34.7 Å². The number of halogens is 3. The lowest BCUT2D eigenvalue weighted by Gasteiger charge is -2.26. The third kappa shape index (κ3) is 9.30. The molecule has 1 aromatic carbocycles. The van der Waals surface area contributed by atoms with Gasteiger partial charge in [-0.2, -0.15) is 18.2 Å². The van der Waals surface area contributed by atoms with Gasteiger partial charge >= 0.3 is 6.18 Å². The second-order valence-electron chi connectivity index (χ2n) is 8.62. The molecule has 5 N–H and O–H groups in total. The number of carbonyl (C=O) groups excluding carboxylic acids is 1. The molecule has 0 unspecified atom stereocenters. The molecule has 0 spiro atoms. The topological polar surface area (TPSA) is 121 Å². The van der Waals surface area contributed by atoms with Gasteiger partial charge in [-0.1, -0.05) is 12.7 Å². The van der Waals surface area contributed by atoms with E-state index in [9.17, 15) is 18.0 Å². The number of nitrogens with two attached hydrogens (primary N) is 1. The summed E-state index contributed by atoms with van der Waals surface area (Å²) >= 11 is 0. The number of alkyl halides is 3. The number of benzene rings is 1. The second-order valence-corrected chi connectivity index (χ2v) is 8.62. The van der Waals surface area contributed by atoms with E-state index in [1.807, 2.05) is 30.9 Å². The number of ether oxygens (including phenoxy) is 1. The minimum absolute atomic E-state index is 0.141. The molecular weight excluding hydrogens is 513 g/mol. The molecule has 0 saturated heterocycles. The van der Waals surface area contributed by atoms with Crippen molar-refractivity contribution in [2.24, 2.45) is 5.73 Å². The molecule has 0 aliphatic rings. The van der Waals surface area contributed by atoms with Crippen LogP contribution in [0.2, 0.25) is 0 Å². The number of aromatic nitrogens is 2. The zero-order chi connectivity index (χ0) is 29.2. The maximum absolute atomic E-state index is 13.1. The van der Waals surface area contributed by atoms with Crippen LogP contribution in [-0.4, -0.2) is 74.8 Å². The highest BCUT2D eigenvalue weighted by Gasteiger charge is 2.32. The van der Waals surface area contributed by atoms with Crippen LogP contribution in [0.4, 0.5) is 42.0 Å². The quantitative estimate of drug-likeness (QED) is 0.216. The first-order valence-electron chi connectivity index (χ1n) is 11.9. The molecule has 0 bridgehead atoms. The Bertz CT molecular complexity index is 1210. The van der Waals surface area contributed by atoms with Crippen LogP contribution in [0.3, 0.4) is 0 Å². The van der Waals surface area contributed by atoms with Gasteiger partial charge in [0.1, 0.15) is 11.6 Å². The van der Waals surface area contributed by atoms with Crippen LogP contribution in [-0.2, 0) is 4.79 Å². The van der Waals surface area contributed by atoms with Crippen LogP contribution >= 0.6 is 0 Å². The van der Waals surface area contributed by atoms with Crippen LogP contribution in [0.5, 0.6) is 5.75 Å². The van der Waals surface area contributed by atoms with Gasteiger partial charge < -0.3 is 36.2 Å². The van der Waals surface area contributed by atoms with Crippen molar-refractivity contribution in [1.82, 2.24) is 14.9 Å². The third-order valence-electron chi connectivity index (χ3n) is 5.45. The number of nitrogens with zero attached hydrogens (tertiary/aromatic N) is 4. The number of hydrogen-bond donors (Lipinski definition) is 4. The lowest BCUT2D eigenvalue weighted by molar-refractivity contribution is -0.111.